The van der Waals surface area contributed by atoms with Crippen molar-refractivity contribution in [1.82, 2.24) is 15.5 Å². The molecule has 1 aliphatic heterocycles. The van der Waals surface area contributed by atoms with Gasteiger partial charge in [0.2, 0.25) is 5.91 Å². The lowest BCUT2D eigenvalue weighted by molar-refractivity contribution is -0.122. The van der Waals surface area contributed by atoms with Crippen molar-refractivity contribution in [2.75, 3.05) is 19.6 Å². The molecule has 1 aromatic rings. The third kappa shape index (κ3) is 4.58. The van der Waals surface area contributed by atoms with Crippen LogP contribution in [0.2, 0.25) is 0 Å². The standard InChI is InChI=1S/C16H25N3O2/c20-16(18-10-15-5-3-9-21-15)12-19(14-6-7-14)11-13-4-1-2-8-17-13/h3,5,9,13-14,17H,1-2,4,6-8,10-12H2,(H,18,20). The maximum Gasteiger partial charge on any atom is 0.234 e. The van der Waals surface area contributed by atoms with Crippen LogP contribution < -0.4 is 10.6 Å². The second-order valence-electron chi connectivity index (χ2n) is 6.16. The van der Waals surface area contributed by atoms with E-state index in [0.717, 1.165) is 18.8 Å². The largest absolute Gasteiger partial charge is 0.467 e. The highest BCUT2D eigenvalue weighted by Gasteiger charge is 2.32. The molecular formula is C16H25N3O2. The van der Waals surface area contributed by atoms with Gasteiger partial charge in [0.15, 0.2) is 0 Å². The van der Waals surface area contributed by atoms with Crippen LogP contribution in [0, 0.1) is 0 Å². The van der Waals surface area contributed by atoms with Gasteiger partial charge in [0.25, 0.3) is 0 Å². The van der Waals surface area contributed by atoms with Crippen LogP contribution in [0.3, 0.4) is 0 Å². The molecule has 3 rings (SSSR count). The molecule has 1 unspecified atom stereocenters. The molecule has 0 aromatic carbocycles. The van der Waals surface area contributed by atoms with Gasteiger partial charge in [-0.3, -0.25) is 9.69 Å². The zero-order valence-corrected chi connectivity index (χ0v) is 12.5. The summed E-state index contributed by atoms with van der Waals surface area (Å²) in [7, 11) is 0. The Balaban J connectivity index is 1.44. The molecule has 1 saturated heterocycles. The maximum atomic E-state index is 12.1. The lowest BCUT2D eigenvalue weighted by atomic mass is 10.0. The highest BCUT2D eigenvalue weighted by atomic mass is 16.3. The van der Waals surface area contributed by atoms with Crippen molar-refractivity contribution >= 4 is 5.91 Å². The third-order valence-electron chi connectivity index (χ3n) is 4.32. The Hall–Kier alpha value is -1.33. The molecule has 116 valence electrons. The Bertz CT molecular complexity index is 436. The summed E-state index contributed by atoms with van der Waals surface area (Å²) >= 11 is 0. The van der Waals surface area contributed by atoms with Gasteiger partial charge in [0.1, 0.15) is 5.76 Å². The Morgan fingerprint density at radius 3 is 2.95 bits per heavy atom. The lowest BCUT2D eigenvalue weighted by Crippen LogP contribution is -2.47. The van der Waals surface area contributed by atoms with Crippen LogP contribution in [0.5, 0.6) is 0 Å². The van der Waals surface area contributed by atoms with Gasteiger partial charge in [0, 0.05) is 18.6 Å². The van der Waals surface area contributed by atoms with Gasteiger partial charge < -0.3 is 15.1 Å². The van der Waals surface area contributed by atoms with E-state index in [1.54, 1.807) is 6.26 Å². The quantitative estimate of drug-likeness (QED) is 0.799. The van der Waals surface area contributed by atoms with Crippen molar-refractivity contribution in [1.29, 1.82) is 0 Å². The normalized spacial score (nSPS) is 22.4. The van der Waals surface area contributed by atoms with E-state index in [4.69, 9.17) is 4.42 Å². The van der Waals surface area contributed by atoms with Crippen molar-refractivity contribution in [3.63, 3.8) is 0 Å². The molecule has 0 radical (unpaired) electrons. The smallest absolute Gasteiger partial charge is 0.234 e. The van der Waals surface area contributed by atoms with E-state index >= 15 is 0 Å². The predicted octanol–water partition coefficient (Wildman–Crippen LogP) is 1.50. The first-order valence-corrected chi connectivity index (χ1v) is 8.08. The molecule has 5 nitrogen and oxygen atoms in total. The van der Waals surface area contributed by atoms with Crippen LogP contribution in [-0.2, 0) is 11.3 Å². The summed E-state index contributed by atoms with van der Waals surface area (Å²) < 4.78 is 5.23. The minimum absolute atomic E-state index is 0.0918. The fourth-order valence-electron chi connectivity index (χ4n) is 2.98. The van der Waals surface area contributed by atoms with Crippen molar-refractivity contribution in [2.45, 2.75) is 50.7 Å². The van der Waals surface area contributed by atoms with Gasteiger partial charge >= 0.3 is 0 Å². The Labute approximate surface area is 126 Å². The molecule has 0 spiro atoms. The number of rotatable bonds is 7. The summed E-state index contributed by atoms with van der Waals surface area (Å²) in [6.45, 7) is 3.10. The van der Waals surface area contributed by atoms with Crippen molar-refractivity contribution < 1.29 is 9.21 Å². The minimum Gasteiger partial charge on any atom is -0.467 e. The molecular weight excluding hydrogens is 266 g/mol. The summed E-state index contributed by atoms with van der Waals surface area (Å²) in [5.41, 5.74) is 0. The Kier molecular flexibility index (Phi) is 4.93. The number of hydrogen-bond acceptors (Lipinski definition) is 4. The van der Waals surface area contributed by atoms with Crippen LogP contribution in [0.15, 0.2) is 22.8 Å². The monoisotopic (exact) mass is 291 g/mol. The average Bonchev–Trinajstić information content (AvgIpc) is 3.22. The molecule has 2 aliphatic rings. The minimum atomic E-state index is 0.0918. The molecule has 2 N–H and O–H groups in total. The molecule has 21 heavy (non-hydrogen) atoms. The first-order valence-electron chi connectivity index (χ1n) is 8.08. The van der Waals surface area contributed by atoms with Gasteiger partial charge in [-0.25, -0.2) is 0 Å². The number of piperidine rings is 1. The van der Waals surface area contributed by atoms with Crippen molar-refractivity contribution in [3.8, 4) is 0 Å². The van der Waals surface area contributed by atoms with Crippen LogP contribution >= 0.6 is 0 Å². The van der Waals surface area contributed by atoms with E-state index < -0.39 is 0 Å². The topological polar surface area (TPSA) is 57.5 Å². The zero-order valence-electron chi connectivity index (χ0n) is 12.5. The van der Waals surface area contributed by atoms with E-state index in [2.05, 4.69) is 15.5 Å². The number of carbonyl (C=O) groups is 1. The molecule has 1 amide bonds. The molecule has 1 saturated carbocycles. The Morgan fingerprint density at radius 2 is 2.29 bits per heavy atom. The number of nitrogens with zero attached hydrogens (tertiary/aromatic N) is 1. The highest BCUT2D eigenvalue weighted by molar-refractivity contribution is 5.78. The summed E-state index contributed by atoms with van der Waals surface area (Å²) in [5.74, 6) is 0.893. The second kappa shape index (κ2) is 7.09. The molecule has 1 atom stereocenters. The lowest BCUT2D eigenvalue weighted by Gasteiger charge is -2.30. The SMILES string of the molecule is O=C(CN(CC1CCCCN1)C1CC1)NCc1ccco1. The van der Waals surface area contributed by atoms with Gasteiger partial charge in [-0.05, 0) is 44.4 Å². The average molecular weight is 291 g/mol. The number of hydrogen-bond donors (Lipinski definition) is 2. The predicted molar refractivity (Wildman–Crippen MR) is 80.8 cm³/mol. The number of nitrogens with one attached hydrogen (secondary N) is 2. The molecule has 2 fully saturated rings. The fourth-order valence-corrected chi connectivity index (χ4v) is 2.98. The van der Waals surface area contributed by atoms with E-state index in [1.165, 1.54) is 32.1 Å². The van der Waals surface area contributed by atoms with E-state index in [-0.39, 0.29) is 5.91 Å². The van der Waals surface area contributed by atoms with Crippen LogP contribution in [0.4, 0.5) is 0 Å². The van der Waals surface area contributed by atoms with Gasteiger partial charge in [-0.2, -0.15) is 0 Å². The summed E-state index contributed by atoms with van der Waals surface area (Å²) in [4.78, 5) is 14.5. The summed E-state index contributed by atoms with van der Waals surface area (Å²) in [5, 5.41) is 6.51. The molecule has 1 aromatic heterocycles. The Morgan fingerprint density at radius 1 is 1.38 bits per heavy atom. The van der Waals surface area contributed by atoms with Crippen LogP contribution in [-0.4, -0.2) is 42.5 Å². The van der Waals surface area contributed by atoms with Gasteiger partial charge in [0.05, 0.1) is 19.4 Å². The molecule has 2 heterocycles. The number of carbonyl (C=O) groups excluding carboxylic acids is 1. The summed E-state index contributed by atoms with van der Waals surface area (Å²) in [6, 6.07) is 4.89. The molecule has 1 aliphatic carbocycles. The second-order valence-corrected chi connectivity index (χ2v) is 6.16. The maximum absolute atomic E-state index is 12.1. The van der Waals surface area contributed by atoms with Crippen molar-refractivity contribution in [3.05, 3.63) is 24.2 Å². The van der Waals surface area contributed by atoms with Gasteiger partial charge in [-0.1, -0.05) is 6.42 Å². The molecule has 0 bridgehead atoms. The fraction of sp³-hybridized carbons (Fsp3) is 0.688. The zero-order chi connectivity index (χ0) is 14.5. The van der Waals surface area contributed by atoms with Crippen molar-refractivity contribution in [2.24, 2.45) is 0 Å². The number of furan rings is 1. The molecule has 5 heteroatoms. The number of amides is 1. The first-order chi connectivity index (χ1) is 10.3. The first kappa shape index (κ1) is 14.6. The van der Waals surface area contributed by atoms with E-state index in [0.29, 0.717) is 25.2 Å². The summed E-state index contributed by atoms with van der Waals surface area (Å²) in [6.07, 6.45) is 7.92. The van der Waals surface area contributed by atoms with E-state index in [9.17, 15) is 4.79 Å². The van der Waals surface area contributed by atoms with Gasteiger partial charge in [-0.15, -0.1) is 0 Å². The van der Waals surface area contributed by atoms with E-state index in [1.807, 2.05) is 12.1 Å². The van der Waals surface area contributed by atoms with Crippen LogP contribution in [0.25, 0.3) is 0 Å². The highest BCUT2D eigenvalue weighted by Crippen LogP contribution is 2.27. The van der Waals surface area contributed by atoms with Crippen LogP contribution in [0.1, 0.15) is 37.9 Å². The third-order valence-corrected chi connectivity index (χ3v) is 4.32.